The first-order valence-electron chi connectivity index (χ1n) is 9.84. The fourth-order valence-electron chi connectivity index (χ4n) is 3.54. The predicted molar refractivity (Wildman–Crippen MR) is 115 cm³/mol. The van der Waals surface area contributed by atoms with Crippen molar-refractivity contribution in [2.45, 2.75) is 25.9 Å². The summed E-state index contributed by atoms with van der Waals surface area (Å²) in [7, 11) is 1.82. The zero-order valence-corrected chi connectivity index (χ0v) is 16.9. The highest BCUT2D eigenvalue weighted by molar-refractivity contribution is 5.91. The highest BCUT2D eigenvalue weighted by Gasteiger charge is 2.23. The second-order valence-corrected chi connectivity index (χ2v) is 7.25. The van der Waals surface area contributed by atoms with Gasteiger partial charge >= 0.3 is 6.09 Å². The number of ether oxygens (including phenoxy) is 1. The maximum atomic E-state index is 11.0. The maximum Gasteiger partial charge on any atom is 0.407 e. The molecule has 0 unspecified atom stereocenters. The van der Waals surface area contributed by atoms with Crippen LogP contribution in [-0.2, 0) is 0 Å². The van der Waals surface area contributed by atoms with Crippen molar-refractivity contribution in [2.24, 2.45) is 0 Å². The Morgan fingerprint density at radius 1 is 1.20 bits per heavy atom. The first-order valence-corrected chi connectivity index (χ1v) is 9.84. The van der Waals surface area contributed by atoms with Crippen molar-refractivity contribution in [1.82, 2.24) is 19.9 Å². The van der Waals surface area contributed by atoms with E-state index in [9.17, 15) is 4.79 Å². The van der Waals surface area contributed by atoms with Crippen LogP contribution in [0.3, 0.4) is 0 Å². The third-order valence-corrected chi connectivity index (χ3v) is 5.22. The molecule has 30 heavy (non-hydrogen) atoms. The van der Waals surface area contributed by atoms with Crippen LogP contribution in [0.15, 0.2) is 36.8 Å². The van der Waals surface area contributed by atoms with Crippen LogP contribution in [0, 0.1) is 6.92 Å². The van der Waals surface area contributed by atoms with Gasteiger partial charge in [0.1, 0.15) is 29.8 Å². The number of nitrogens with one attached hydrogen (secondary N) is 2. The van der Waals surface area contributed by atoms with Crippen LogP contribution in [0.1, 0.15) is 18.4 Å². The van der Waals surface area contributed by atoms with Crippen molar-refractivity contribution in [1.29, 1.82) is 0 Å². The largest absolute Gasteiger partial charge is 0.490 e. The van der Waals surface area contributed by atoms with Crippen molar-refractivity contribution in [2.75, 3.05) is 30.8 Å². The van der Waals surface area contributed by atoms with Crippen molar-refractivity contribution in [3.8, 4) is 5.75 Å². The molecule has 1 aliphatic rings. The predicted octanol–water partition coefficient (Wildman–Crippen LogP) is 3.64. The normalized spacial score (nSPS) is 14.5. The molecule has 3 heterocycles. The molecule has 2 aromatic heterocycles. The first kappa shape index (κ1) is 19.7. The standard InChI is InChI=1S/C21H24N6O3/c1-13-9-14(3-4-18(13)30-15-5-7-27(8-6-15)21(28)29)26-20-16-10-19(22-2)23-11-17(16)24-12-25-20/h3-4,9-12,15H,5-8H2,1-2H3,(H,22,23)(H,28,29)(H,24,25,26). The Morgan fingerprint density at radius 2 is 2.00 bits per heavy atom. The molecule has 3 aromatic rings. The van der Waals surface area contributed by atoms with E-state index in [1.165, 1.54) is 11.2 Å². The molecular weight excluding hydrogens is 384 g/mol. The van der Waals surface area contributed by atoms with Crippen LogP contribution in [0.4, 0.5) is 22.1 Å². The van der Waals surface area contributed by atoms with Crippen molar-refractivity contribution >= 4 is 34.3 Å². The molecule has 1 aromatic carbocycles. The van der Waals surface area contributed by atoms with Crippen LogP contribution in [0.25, 0.3) is 10.9 Å². The molecule has 156 valence electrons. The van der Waals surface area contributed by atoms with Gasteiger partial charge in [0.25, 0.3) is 0 Å². The summed E-state index contributed by atoms with van der Waals surface area (Å²) in [6.45, 7) is 3.00. The fraction of sp³-hybridized carbons (Fsp3) is 0.333. The van der Waals surface area contributed by atoms with E-state index in [0.717, 1.165) is 33.7 Å². The van der Waals surface area contributed by atoms with Gasteiger partial charge in [-0.1, -0.05) is 0 Å². The quantitative estimate of drug-likeness (QED) is 0.587. The molecule has 1 amide bonds. The molecule has 0 saturated carbocycles. The first-order chi connectivity index (χ1) is 14.5. The second-order valence-electron chi connectivity index (χ2n) is 7.25. The minimum absolute atomic E-state index is 0.0244. The molecule has 9 heteroatoms. The minimum Gasteiger partial charge on any atom is -0.490 e. The van der Waals surface area contributed by atoms with E-state index in [2.05, 4.69) is 25.6 Å². The highest BCUT2D eigenvalue weighted by Crippen LogP contribution is 2.29. The van der Waals surface area contributed by atoms with Gasteiger partial charge in [-0.05, 0) is 36.8 Å². The van der Waals surface area contributed by atoms with Crippen LogP contribution in [0.2, 0.25) is 0 Å². The summed E-state index contributed by atoms with van der Waals surface area (Å²) in [5.74, 6) is 2.26. The molecule has 0 atom stereocenters. The number of piperidine rings is 1. The third-order valence-electron chi connectivity index (χ3n) is 5.22. The van der Waals surface area contributed by atoms with Crippen LogP contribution < -0.4 is 15.4 Å². The van der Waals surface area contributed by atoms with Crippen LogP contribution >= 0.6 is 0 Å². The van der Waals surface area contributed by atoms with E-state index in [1.54, 1.807) is 6.20 Å². The van der Waals surface area contributed by atoms with E-state index in [-0.39, 0.29) is 6.10 Å². The van der Waals surface area contributed by atoms with Gasteiger partial charge in [0.2, 0.25) is 0 Å². The fourth-order valence-corrected chi connectivity index (χ4v) is 3.54. The molecule has 3 N–H and O–H groups in total. The van der Waals surface area contributed by atoms with E-state index in [1.807, 2.05) is 38.2 Å². The summed E-state index contributed by atoms with van der Waals surface area (Å²) in [5.41, 5.74) is 2.65. The second kappa shape index (κ2) is 8.40. The van der Waals surface area contributed by atoms with Crippen molar-refractivity contribution in [3.63, 3.8) is 0 Å². The number of hydrogen-bond acceptors (Lipinski definition) is 7. The highest BCUT2D eigenvalue weighted by atomic mass is 16.5. The third kappa shape index (κ3) is 4.19. The van der Waals surface area contributed by atoms with E-state index < -0.39 is 6.09 Å². The van der Waals surface area contributed by atoms with Crippen LogP contribution in [0.5, 0.6) is 5.75 Å². The van der Waals surface area contributed by atoms with E-state index in [4.69, 9.17) is 9.84 Å². The Kier molecular flexibility index (Phi) is 5.51. The Balaban J connectivity index is 1.48. The molecule has 9 nitrogen and oxygen atoms in total. The molecule has 1 aliphatic heterocycles. The Labute approximate surface area is 174 Å². The monoisotopic (exact) mass is 408 g/mol. The zero-order valence-electron chi connectivity index (χ0n) is 16.9. The summed E-state index contributed by atoms with van der Waals surface area (Å²) in [4.78, 5) is 25.4. The van der Waals surface area contributed by atoms with E-state index >= 15 is 0 Å². The summed E-state index contributed by atoms with van der Waals surface area (Å²) in [6, 6.07) is 7.80. The summed E-state index contributed by atoms with van der Waals surface area (Å²) >= 11 is 0. The molecule has 0 radical (unpaired) electrons. The van der Waals surface area contributed by atoms with Crippen LogP contribution in [-0.4, -0.2) is 57.3 Å². The van der Waals surface area contributed by atoms with Gasteiger partial charge in [0.15, 0.2) is 0 Å². The number of likely N-dealkylation sites (tertiary alicyclic amines) is 1. The number of nitrogens with zero attached hydrogens (tertiary/aromatic N) is 4. The number of aromatic nitrogens is 3. The lowest BCUT2D eigenvalue weighted by molar-refractivity contribution is 0.0891. The number of aryl methyl sites for hydroxylation is 1. The Morgan fingerprint density at radius 3 is 2.70 bits per heavy atom. The molecule has 1 fully saturated rings. The summed E-state index contributed by atoms with van der Waals surface area (Å²) < 4.78 is 6.13. The number of pyridine rings is 1. The summed E-state index contributed by atoms with van der Waals surface area (Å²) in [6.07, 6.45) is 3.78. The molecule has 4 rings (SSSR count). The van der Waals surface area contributed by atoms with Gasteiger partial charge in [-0.25, -0.2) is 19.7 Å². The number of hydrogen-bond donors (Lipinski definition) is 3. The number of rotatable bonds is 5. The number of fused-ring (bicyclic) bond motifs is 1. The number of benzene rings is 1. The topological polar surface area (TPSA) is 112 Å². The van der Waals surface area contributed by atoms with Gasteiger partial charge in [-0.15, -0.1) is 0 Å². The van der Waals surface area contributed by atoms with Gasteiger partial charge in [0.05, 0.1) is 11.7 Å². The van der Waals surface area contributed by atoms with Gasteiger partial charge in [0, 0.05) is 44.1 Å². The van der Waals surface area contributed by atoms with Crippen molar-refractivity contribution in [3.05, 3.63) is 42.4 Å². The minimum atomic E-state index is -0.866. The zero-order chi connectivity index (χ0) is 21.1. The smallest absolute Gasteiger partial charge is 0.407 e. The molecular formula is C21H24N6O3. The SMILES string of the molecule is CNc1cc2c(Nc3ccc(OC4CCN(C(=O)O)CC4)c(C)c3)ncnc2cn1. The van der Waals surface area contributed by atoms with E-state index in [0.29, 0.717) is 31.7 Å². The van der Waals surface area contributed by atoms with Gasteiger partial charge in [-0.2, -0.15) is 0 Å². The van der Waals surface area contributed by atoms with Crippen molar-refractivity contribution < 1.29 is 14.6 Å². The lowest BCUT2D eigenvalue weighted by Crippen LogP contribution is -2.41. The lowest BCUT2D eigenvalue weighted by atomic mass is 10.1. The Hall–Kier alpha value is -3.62. The molecule has 1 saturated heterocycles. The maximum absolute atomic E-state index is 11.0. The number of carbonyl (C=O) groups is 1. The molecule has 0 bridgehead atoms. The Bertz CT molecular complexity index is 1070. The average Bonchev–Trinajstić information content (AvgIpc) is 2.76. The van der Waals surface area contributed by atoms with Gasteiger partial charge in [-0.3, -0.25) is 0 Å². The average molecular weight is 408 g/mol. The lowest BCUT2D eigenvalue weighted by Gasteiger charge is -2.30. The number of carboxylic acid groups (broad SMARTS) is 1. The number of anilines is 3. The molecule has 0 aliphatic carbocycles. The van der Waals surface area contributed by atoms with Gasteiger partial charge < -0.3 is 25.4 Å². The molecule has 0 spiro atoms. The summed E-state index contributed by atoms with van der Waals surface area (Å²) in [5, 5.41) is 16.3. The number of amides is 1.